The van der Waals surface area contributed by atoms with Gasteiger partial charge in [-0.25, -0.2) is 0 Å². The van der Waals surface area contributed by atoms with Crippen LogP contribution in [0, 0.1) is 12.3 Å². The Morgan fingerprint density at radius 2 is 1.94 bits per heavy atom. The van der Waals surface area contributed by atoms with Crippen molar-refractivity contribution >= 4 is 0 Å². The van der Waals surface area contributed by atoms with Crippen LogP contribution in [-0.4, -0.2) is 31.6 Å². The highest BCUT2D eigenvalue weighted by Crippen LogP contribution is 2.20. The average Bonchev–Trinajstić information content (AvgIpc) is 2.24. The number of nitrogens with one attached hydrogen (secondary N) is 1. The van der Waals surface area contributed by atoms with Crippen LogP contribution in [0.25, 0.3) is 0 Å². The first-order valence-electron chi connectivity index (χ1n) is 6.74. The number of benzene rings is 1. The number of aryl methyl sites for hydroxylation is 1. The minimum absolute atomic E-state index is 0.287. The van der Waals surface area contributed by atoms with Crippen molar-refractivity contribution in [1.82, 2.24) is 10.2 Å². The highest BCUT2D eigenvalue weighted by molar-refractivity contribution is 5.22. The zero-order valence-corrected chi connectivity index (χ0v) is 12.7. The van der Waals surface area contributed by atoms with Gasteiger partial charge >= 0.3 is 0 Å². The van der Waals surface area contributed by atoms with E-state index in [1.54, 1.807) is 0 Å². The second-order valence-electron chi connectivity index (χ2n) is 6.39. The Hall–Kier alpha value is -0.860. The molecule has 0 bridgehead atoms. The van der Waals surface area contributed by atoms with E-state index in [9.17, 15) is 0 Å². The molecule has 0 saturated heterocycles. The summed E-state index contributed by atoms with van der Waals surface area (Å²) in [5.41, 5.74) is 3.01. The second kappa shape index (κ2) is 6.35. The van der Waals surface area contributed by atoms with E-state index in [0.717, 1.165) is 13.1 Å². The van der Waals surface area contributed by atoms with Gasteiger partial charge in [-0.1, -0.05) is 50.6 Å². The molecule has 2 heteroatoms. The van der Waals surface area contributed by atoms with Crippen molar-refractivity contribution in [3.63, 3.8) is 0 Å². The Balaban J connectivity index is 2.58. The fourth-order valence-corrected chi connectivity index (χ4v) is 2.30. The summed E-state index contributed by atoms with van der Waals surface area (Å²) in [7, 11) is 4.24. The summed E-state index contributed by atoms with van der Waals surface area (Å²) in [5, 5.41) is 3.43. The van der Waals surface area contributed by atoms with E-state index in [2.05, 4.69) is 76.3 Å². The fraction of sp³-hybridized carbons (Fsp3) is 0.625. The van der Waals surface area contributed by atoms with Gasteiger partial charge in [0, 0.05) is 19.1 Å². The molecule has 102 valence electrons. The third-order valence-corrected chi connectivity index (χ3v) is 3.42. The zero-order valence-electron chi connectivity index (χ0n) is 12.7. The average molecular weight is 248 g/mol. The molecule has 18 heavy (non-hydrogen) atoms. The molecule has 0 amide bonds. The van der Waals surface area contributed by atoms with E-state index < -0.39 is 0 Å². The molecule has 0 aliphatic rings. The summed E-state index contributed by atoms with van der Waals surface area (Å²) >= 11 is 0. The summed E-state index contributed by atoms with van der Waals surface area (Å²) in [6.07, 6.45) is 0. The van der Waals surface area contributed by atoms with Gasteiger partial charge in [-0.05, 0) is 32.0 Å². The van der Waals surface area contributed by atoms with Gasteiger partial charge in [-0.2, -0.15) is 0 Å². The lowest BCUT2D eigenvalue weighted by Crippen LogP contribution is -2.46. The Kier molecular flexibility index (Phi) is 5.36. The SMILES string of the molecule is CNC(CN(C)Cc1cccc(C)c1)C(C)(C)C. The minimum Gasteiger partial charge on any atom is -0.315 e. The van der Waals surface area contributed by atoms with Crippen LogP contribution in [0.3, 0.4) is 0 Å². The predicted octanol–water partition coefficient (Wildman–Crippen LogP) is 3.06. The third kappa shape index (κ3) is 4.79. The minimum atomic E-state index is 0.287. The summed E-state index contributed by atoms with van der Waals surface area (Å²) < 4.78 is 0. The molecule has 1 aromatic carbocycles. The first-order chi connectivity index (χ1) is 8.32. The zero-order chi connectivity index (χ0) is 13.8. The molecule has 0 saturated carbocycles. The molecule has 1 N–H and O–H groups in total. The molecule has 0 radical (unpaired) electrons. The highest BCUT2D eigenvalue weighted by Gasteiger charge is 2.23. The van der Waals surface area contributed by atoms with Crippen LogP contribution >= 0.6 is 0 Å². The number of hydrogen-bond donors (Lipinski definition) is 1. The molecule has 0 aromatic heterocycles. The van der Waals surface area contributed by atoms with Crippen molar-refractivity contribution in [2.24, 2.45) is 5.41 Å². The number of hydrogen-bond acceptors (Lipinski definition) is 2. The van der Waals surface area contributed by atoms with Crippen LogP contribution in [0.5, 0.6) is 0 Å². The van der Waals surface area contributed by atoms with E-state index in [1.807, 2.05) is 0 Å². The van der Waals surface area contributed by atoms with Crippen LogP contribution < -0.4 is 5.32 Å². The van der Waals surface area contributed by atoms with Gasteiger partial charge in [0.25, 0.3) is 0 Å². The molecule has 1 unspecified atom stereocenters. The lowest BCUT2D eigenvalue weighted by molar-refractivity contribution is 0.198. The number of nitrogens with zero attached hydrogens (tertiary/aromatic N) is 1. The quantitative estimate of drug-likeness (QED) is 0.861. The van der Waals surface area contributed by atoms with Gasteiger partial charge in [-0.3, -0.25) is 0 Å². The summed E-state index contributed by atoms with van der Waals surface area (Å²) in [6.45, 7) is 11.1. The van der Waals surface area contributed by atoms with Crippen molar-refractivity contribution in [2.45, 2.75) is 40.3 Å². The van der Waals surface area contributed by atoms with Gasteiger partial charge in [0.2, 0.25) is 0 Å². The van der Waals surface area contributed by atoms with Gasteiger partial charge in [0.05, 0.1) is 0 Å². The first-order valence-corrected chi connectivity index (χ1v) is 6.74. The topological polar surface area (TPSA) is 15.3 Å². The lowest BCUT2D eigenvalue weighted by atomic mass is 9.86. The Bertz CT molecular complexity index is 366. The Morgan fingerprint density at radius 1 is 1.28 bits per heavy atom. The molecule has 2 nitrogen and oxygen atoms in total. The van der Waals surface area contributed by atoms with Crippen molar-refractivity contribution in [3.05, 3.63) is 35.4 Å². The molecule has 0 aliphatic carbocycles. The molecule has 0 fully saturated rings. The molecule has 1 aromatic rings. The predicted molar refractivity (Wildman–Crippen MR) is 79.8 cm³/mol. The van der Waals surface area contributed by atoms with Crippen molar-refractivity contribution < 1.29 is 0 Å². The molecular weight excluding hydrogens is 220 g/mol. The van der Waals surface area contributed by atoms with Crippen LogP contribution in [-0.2, 0) is 6.54 Å². The smallest absolute Gasteiger partial charge is 0.0240 e. The Morgan fingerprint density at radius 3 is 2.44 bits per heavy atom. The first kappa shape index (κ1) is 15.2. The number of likely N-dealkylation sites (N-methyl/N-ethyl adjacent to an activating group) is 2. The summed E-state index contributed by atoms with van der Waals surface area (Å²) in [5.74, 6) is 0. The summed E-state index contributed by atoms with van der Waals surface area (Å²) in [6, 6.07) is 9.26. The van der Waals surface area contributed by atoms with E-state index in [1.165, 1.54) is 11.1 Å². The van der Waals surface area contributed by atoms with Crippen molar-refractivity contribution in [3.8, 4) is 0 Å². The second-order valence-corrected chi connectivity index (χ2v) is 6.39. The molecular formula is C16H28N2. The van der Waals surface area contributed by atoms with Gasteiger partial charge in [-0.15, -0.1) is 0 Å². The molecule has 1 atom stereocenters. The van der Waals surface area contributed by atoms with Crippen LogP contribution in [0.4, 0.5) is 0 Å². The maximum atomic E-state index is 3.43. The maximum Gasteiger partial charge on any atom is 0.0240 e. The van der Waals surface area contributed by atoms with E-state index >= 15 is 0 Å². The standard InChI is InChI=1S/C16H28N2/c1-13-8-7-9-14(10-13)11-18(6)12-15(17-5)16(2,3)4/h7-10,15,17H,11-12H2,1-6H3. The Labute approximate surface area is 112 Å². The van der Waals surface area contributed by atoms with E-state index in [4.69, 9.17) is 0 Å². The molecule has 0 heterocycles. The van der Waals surface area contributed by atoms with E-state index in [-0.39, 0.29) is 5.41 Å². The highest BCUT2D eigenvalue weighted by atomic mass is 15.1. The van der Waals surface area contributed by atoms with Crippen LogP contribution in [0.1, 0.15) is 31.9 Å². The van der Waals surface area contributed by atoms with Gasteiger partial charge in [0.1, 0.15) is 0 Å². The third-order valence-electron chi connectivity index (χ3n) is 3.42. The normalized spacial score (nSPS) is 13.9. The molecule has 0 aliphatic heterocycles. The van der Waals surface area contributed by atoms with Crippen molar-refractivity contribution in [1.29, 1.82) is 0 Å². The van der Waals surface area contributed by atoms with E-state index in [0.29, 0.717) is 6.04 Å². The van der Waals surface area contributed by atoms with Gasteiger partial charge in [0.15, 0.2) is 0 Å². The van der Waals surface area contributed by atoms with Gasteiger partial charge < -0.3 is 10.2 Å². The largest absolute Gasteiger partial charge is 0.315 e. The van der Waals surface area contributed by atoms with Crippen molar-refractivity contribution in [2.75, 3.05) is 20.6 Å². The summed E-state index contributed by atoms with van der Waals surface area (Å²) in [4.78, 5) is 2.39. The van der Waals surface area contributed by atoms with Crippen LogP contribution in [0.15, 0.2) is 24.3 Å². The fourth-order valence-electron chi connectivity index (χ4n) is 2.30. The van der Waals surface area contributed by atoms with Crippen LogP contribution in [0.2, 0.25) is 0 Å². The molecule has 1 rings (SSSR count). The monoisotopic (exact) mass is 248 g/mol. The molecule has 0 spiro atoms. The number of rotatable bonds is 5. The maximum absolute atomic E-state index is 3.43. The lowest BCUT2D eigenvalue weighted by Gasteiger charge is -2.33.